The van der Waals surface area contributed by atoms with E-state index in [-0.39, 0.29) is 0 Å². The van der Waals surface area contributed by atoms with Gasteiger partial charge in [-0.3, -0.25) is 0 Å². The van der Waals surface area contributed by atoms with Crippen molar-refractivity contribution in [2.45, 2.75) is 37.5 Å². The highest BCUT2D eigenvalue weighted by Crippen LogP contribution is 2.29. The number of hydrogen-bond acceptors (Lipinski definition) is 3. The average molecular weight is 215 g/mol. The van der Waals surface area contributed by atoms with Crippen molar-refractivity contribution in [1.82, 2.24) is 20.2 Å². The van der Waals surface area contributed by atoms with Crippen molar-refractivity contribution < 1.29 is 0 Å². The molecule has 2 atom stereocenters. The number of halogens is 1. The van der Waals surface area contributed by atoms with Crippen LogP contribution in [-0.2, 0) is 13.5 Å². The number of aromatic nitrogens is 4. The Morgan fingerprint density at radius 1 is 1.50 bits per heavy atom. The van der Waals surface area contributed by atoms with Crippen LogP contribution >= 0.6 is 11.6 Å². The maximum atomic E-state index is 6.12. The second-order valence-electron chi connectivity index (χ2n) is 4.03. The Labute approximate surface area is 88.6 Å². The molecule has 0 spiro atoms. The molecule has 14 heavy (non-hydrogen) atoms. The molecule has 4 nitrogen and oxygen atoms in total. The van der Waals surface area contributed by atoms with Gasteiger partial charge < -0.3 is 0 Å². The van der Waals surface area contributed by atoms with Crippen LogP contribution in [0, 0.1) is 5.92 Å². The fourth-order valence-electron chi connectivity index (χ4n) is 2.07. The predicted octanol–water partition coefficient (Wildman–Crippen LogP) is 1.55. The van der Waals surface area contributed by atoms with Crippen LogP contribution in [0.25, 0.3) is 0 Å². The molecule has 1 aliphatic rings. The highest BCUT2D eigenvalue weighted by molar-refractivity contribution is 6.20. The largest absolute Gasteiger partial charge is 0.175 e. The van der Waals surface area contributed by atoms with Gasteiger partial charge in [-0.1, -0.05) is 6.42 Å². The van der Waals surface area contributed by atoms with Gasteiger partial charge in [0.2, 0.25) is 0 Å². The van der Waals surface area contributed by atoms with Crippen molar-refractivity contribution in [3.05, 3.63) is 5.82 Å². The van der Waals surface area contributed by atoms with Crippen molar-refractivity contribution in [3.8, 4) is 0 Å². The van der Waals surface area contributed by atoms with Crippen LogP contribution in [0.3, 0.4) is 0 Å². The van der Waals surface area contributed by atoms with Crippen molar-refractivity contribution in [1.29, 1.82) is 0 Å². The zero-order chi connectivity index (χ0) is 9.97. The minimum Gasteiger partial charge on any atom is -0.167 e. The van der Waals surface area contributed by atoms with E-state index in [2.05, 4.69) is 15.4 Å². The van der Waals surface area contributed by atoms with Crippen LogP contribution in [0.2, 0.25) is 0 Å². The second-order valence-corrected chi connectivity index (χ2v) is 4.65. The Kier molecular flexibility index (Phi) is 3.01. The van der Waals surface area contributed by atoms with Crippen molar-refractivity contribution in [2.24, 2.45) is 13.0 Å². The smallest absolute Gasteiger partial charge is 0.167 e. The van der Waals surface area contributed by atoms with Gasteiger partial charge in [-0.25, -0.2) is 0 Å². The van der Waals surface area contributed by atoms with E-state index < -0.39 is 0 Å². The van der Waals surface area contributed by atoms with Gasteiger partial charge in [0.05, 0.1) is 7.05 Å². The molecule has 0 N–H and O–H groups in total. The minimum atomic E-state index is 0.352. The minimum absolute atomic E-state index is 0.352. The molecule has 1 fully saturated rings. The summed E-state index contributed by atoms with van der Waals surface area (Å²) in [5, 5.41) is 12.4. The fourth-order valence-corrected chi connectivity index (χ4v) is 2.48. The van der Waals surface area contributed by atoms with E-state index in [1.807, 2.05) is 0 Å². The molecule has 1 aromatic heterocycles. The summed E-state index contributed by atoms with van der Waals surface area (Å²) in [4.78, 5) is 1.51. The molecule has 0 saturated heterocycles. The summed E-state index contributed by atoms with van der Waals surface area (Å²) in [6.45, 7) is 0. The van der Waals surface area contributed by atoms with Crippen LogP contribution < -0.4 is 0 Å². The molecule has 5 heteroatoms. The lowest BCUT2D eigenvalue weighted by molar-refractivity contribution is 0.356. The first-order chi connectivity index (χ1) is 6.74. The molecule has 1 aliphatic carbocycles. The standard InChI is InChI=1S/C9H15ClN4/c1-14-12-9(11-13-14)6-7-3-2-4-8(10)5-7/h7-8H,2-6H2,1H3. The molecular formula is C9H15ClN4. The Hall–Kier alpha value is -0.640. The Morgan fingerprint density at radius 2 is 2.36 bits per heavy atom. The van der Waals surface area contributed by atoms with Gasteiger partial charge in [0.1, 0.15) is 0 Å². The highest BCUT2D eigenvalue weighted by Gasteiger charge is 2.21. The van der Waals surface area contributed by atoms with Gasteiger partial charge in [0.15, 0.2) is 5.82 Å². The van der Waals surface area contributed by atoms with E-state index in [1.165, 1.54) is 17.6 Å². The first-order valence-electron chi connectivity index (χ1n) is 5.11. The van der Waals surface area contributed by atoms with E-state index in [0.717, 1.165) is 25.1 Å². The van der Waals surface area contributed by atoms with Crippen LogP contribution in [0.5, 0.6) is 0 Å². The summed E-state index contributed by atoms with van der Waals surface area (Å²) in [5.41, 5.74) is 0. The summed E-state index contributed by atoms with van der Waals surface area (Å²) in [6, 6.07) is 0. The van der Waals surface area contributed by atoms with Crippen LogP contribution in [-0.4, -0.2) is 25.6 Å². The Balaban J connectivity index is 1.90. The number of nitrogens with zero attached hydrogens (tertiary/aromatic N) is 4. The SMILES string of the molecule is Cn1nnc(CC2CCCC(Cl)C2)n1. The third-order valence-corrected chi connectivity index (χ3v) is 3.14. The number of rotatable bonds is 2. The zero-order valence-electron chi connectivity index (χ0n) is 8.36. The zero-order valence-corrected chi connectivity index (χ0v) is 9.11. The summed E-state index contributed by atoms with van der Waals surface area (Å²) in [7, 11) is 1.79. The summed E-state index contributed by atoms with van der Waals surface area (Å²) < 4.78 is 0. The predicted molar refractivity (Wildman–Crippen MR) is 54.1 cm³/mol. The summed E-state index contributed by atoms with van der Waals surface area (Å²) >= 11 is 6.12. The van der Waals surface area contributed by atoms with Crippen LogP contribution in [0.4, 0.5) is 0 Å². The molecule has 1 aromatic rings. The van der Waals surface area contributed by atoms with Gasteiger partial charge in [-0.05, 0) is 30.4 Å². The van der Waals surface area contributed by atoms with E-state index in [1.54, 1.807) is 7.05 Å². The third-order valence-electron chi connectivity index (χ3n) is 2.74. The first-order valence-corrected chi connectivity index (χ1v) is 5.54. The number of alkyl halides is 1. The van der Waals surface area contributed by atoms with E-state index in [9.17, 15) is 0 Å². The second kappa shape index (κ2) is 4.26. The van der Waals surface area contributed by atoms with E-state index in [0.29, 0.717) is 11.3 Å². The fraction of sp³-hybridized carbons (Fsp3) is 0.889. The number of hydrogen-bond donors (Lipinski definition) is 0. The summed E-state index contributed by atoms with van der Waals surface area (Å²) in [6.07, 6.45) is 5.67. The van der Waals surface area contributed by atoms with Crippen LogP contribution in [0.1, 0.15) is 31.5 Å². The van der Waals surface area contributed by atoms with Gasteiger partial charge in [0, 0.05) is 11.8 Å². The topological polar surface area (TPSA) is 43.6 Å². The number of aryl methyl sites for hydroxylation is 1. The monoisotopic (exact) mass is 214 g/mol. The van der Waals surface area contributed by atoms with Crippen molar-refractivity contribution in [2.75, 3.05) is 0 Å². The Morgan fingerprint density at radius 3 is 3.00 bits per heavy atom. The lowest BCUT2D eigenvalue weighted by Crippen LogP contribution is -2.18. The highest BCUT2D eigenvalue weighted by atomic mass is 35.5. The normalized spacial score (nSPS) is 27.9. The molecule has 1 heterocycles. The third kappa shape index (κ3) is 2.44. The summed E-state index contributed by atoms with van der Waals surface area (Å²) in [5.74, 6) is 1.50. The maximum Gasteiger partial charge on any atom is 0.175 e. The molecule has 0 bridgehead atoms. The van der Waals surface area contributed by atoms with Gasteiger partial charge in [-0.2, -0.15) is 4.80 Å². The molecule has 0 aliphatic heterocycles. The molecule has 2 unspecified atom stereocenters. The average Bonchev–Trinajstić information content (AvgIpc) is 2.51. The van der Waals surface area contributed by atoms with Crippen LogP contribution in [0.15, 0.2) is 0 Å². The van der Waals surface area contributed by atoms with Gasteiger partial charge >= 0.3 is 0 Å². The molecule has 0 radical (unpaired) electrons. The maximum absolute atomic E-state index is 6.12. The van der Waals surface area contributed by atoms with Gasteiger partial charge in [-0.15, -0.1) is 21.8 Å². The first kappa shape index (κ1) is 9.90. The molecule has 0 aromatic carbocycles. The van der Waals surface area contributed by atoms with Crippen molar-refractivity contribution in [3.63, 3.8) is 0 Å². The lowest BCUT2D eigenvalue weighted by atomic mass is 9.86. The molecule has 78 valence electrons. The molecular weight excluding hydrogens is 200 g/mol. The van der Waals surface area contributed by atoms with E-state index >= 15 is 0 Å². The molecule has 0 amide bonds. The molecule has 2 rings (SSSR count). The van der Waals surface area contributed by atoms with Crippen molar-refractivity contribution >= 4 is 11.6 Å². The quantitative estimate of drug-likeness (QED) is 0.702. The van der Waals surface area contributed by atoms with Gasteiger partial charge in [0.25, 0.3) is 0 Å². The number of tetrazole rings is 1. The van der Waals surface area contributed by atoms with E-state index in [4.69, 9.17) is 11.6 Å². The molecule has 1 saturated carbocycles. The Bertz CT molecular complexity index is 299. The lowest BCUT2D eigenvalue weighted by Gasteiger charge is -2.23.